The maximum Gasteiger partial charge on any atom is 0.253 e. The standard InChI is InChI=1S/C20H22N2O/c23-20(17-7-2-1-3-8-17)22-13-11-19(15-22)21-12-10-16-6-4-5-9-18(16)14-21/h1-9,19H,10-15H2. The molecule has 0 spiro atoms. The van der Waals surface area contributed by atoms with Crippen LogP contribution in [0.1, 0.15) is 27.9 Å². The molecule has 0 bridgehead atoms. The van der Waals surface area contributed by atoms with E-state index in [9.17, 15) is 4.79 Å². The van der Waals surface area contributed by atoms with Gasteiger partial charge in [0.15, 0.2) is 0 Å². The zero-order valence-corrected chi connectivity index (χ0v) is 13.3. The Balaban J connectivity index is 1.42. The summed E-state index contributed by atoms with van der Waals surface area (Å²) in [4.78, 5) is 17.2. The van der Waals surface area contributed by atoms with Crippen molar-refractivity contribution in [3.05, 3.63) is 71.3 Å². The Bertz CT molecular complexity index is 698. The number of fused-ring (bicyclic) bond motifs is 1. The molecule has 2 aromatic carbocycles. The van der Waals surface area contributed by atoms with Crippen LogP contribution in [0.25, 0.3) is 0 Å². The van der Waals surface area contributed by atoms with Crippen molar-refractivity contribution in [2.75, 3.05) is 19.6 Å². The topological polar surface area (TPSA) is 23.6 Å². The highest BCUT2D eigenvalue weighted by Crippen LogP contribution is 2.25. The molecule has 1 unspecified atom stereocenters. The molecule has 1 fully saturated rings. The van der Waals surface area contributed by atoms with Gasteiger partial charge in [-0.1, -0.05) is 42.5 Å². The number of benzene rings is 2. The number of hydrogen-bond acceptors (Lipinski definition) is 2. The van der Waals surface area contributed by atoms with Crippen LogP contribution in [0.4, 0.5) is 0 Å². The molecule has 4 rings (SSSR count). The third-order valence-electron chi connectivity index (χ3n) is 5.15. The highest BCUT2D eigenvalue weighted by Gasteiger charge is 2.32. The molecular formula is C20H22N2O. The van der Waals surface area contributed by atoms with E-state index in [1.807, 2.05) is 35.2 Å². The van der Waals surface area contributed by atoms with Crippen LogP contribution in [0.2, 0.25) is 0 Å². The van der Waals surface area contributed by atoms with Gasteiger partial charge in [0, 0.05) is 37.8 Å². The van der Waals surface area contributed by atoms with E-state index in [4.69, 9.17) is 0 Å². The molecule has 0 aromatic heterocycles. The fourth-order valence-electron chi connectivity index (χ4n) is 3.82. The van der Waals surface area contributed by atoms with Crippen LogP contribution in [-0.2, 0) is 13.0 Å². The fraction of sp³-hybridized carbons (Fsp3) is 0.350. The van der Waals surface area contributed by atoms with E-state index < -0.39 is 0 Å². The molecule has 23 heavy (non-hydrogen) atoms. The summed E-state index contributed by atoms with van der Waals surface area (Å²) in [7, 11) is 0. The summed E-state index contributed by atoms with van der Waals surface area (Å²) in [6, 6.07) is 18.9. The molecule has 2 aliphatic rings. The van der Waals surface area contributed by atoms with E-state index in [1.54, 1.807) is 0 Å². The van der Waals surface area contributed by atoms with Crippen molar-refractivity contribution in [3.63, 3.8) is 0 Å². The summed E-state index contributed by atoms with van der Waals surface area (Å²) in [5, 5.41) is 0. The number of nitrogens with zero attached hydrogens (tertiary/aromatic N) is 2. The molecule has 0 saturated carbocycles. The Morgan fingerprint density at radius 3 is 2.48 bits per heavy atom. The van der Waals surface area contributed by atoms with Crippen LogP contribution in [0, 0.1) is 0 Å². The van der Waals surface area contributed by atoms with Gasteiger partial charge in [-0.15, -0.1) is 0 Å². The minimum absolute atomic E-state index is 0.172. The van der Waals surface area contributed by atoms with Crippen LogP contribution >= 0.6 is 0 Å². The lowest BCUT2D eigenvalue weighted by molar-refractivity contribution is 0.0773. The molecule has 3 nitrogen and oxygen atoms in total. The minimum Gasteiger partial charge on any atom is -0.337 e. The van der Waals surface area contributed by atoms with Crippen LogP contribution < -0.4 is 0 Å². The molecule has 2 aromatic rings. The average Bonchev–Trinajstić information content (AvgIpc) is 3.11. The monoisotopic (exact) mass is 306 g/mol. The largest absolute Gasteiger partial charge is 0.337 e. The van der Waals surface area contributed by atoms with Crippen molar-refractivity contribution in [1.82, 2.24) is 9.80 Å². The SMILES string of the molecule is O=C(c1ccccc1)N1CCC(N2CCc3ccccc3C2)C1. The second-order valence-corrected chi connectivity index (χ2v) is 6.55. The Kier molecular flexibility index (Phi) is 3.88. The first-order valence-electron chi connectivity index (χ1n) is 8.46. The third kappa shape index (κ3) is 2.89. The van der Waals surface area contributed by atoms with Crippen molar-refractivity contribution in [3.8, 4) is 0 Å². The van der Waals surface area contributed by atoms with Gasteiger partial charge >= 0.3 is 0 Å². The van der Waals surface area contributed by atoms with Crippen LogP contribution in [-0.4, -0.2) is 41.4 Å². The van der Waals surface area contributed by atoms with Crippen molar-refractivity contribution >= 4 is 5.91 Å². The summed E-state index contributed by atoms with van der Waals surface area (Å²) in [6.45, 7) is 3.86. The molecule has 3 heteroatoms. The minimum atomic E-state index is 0.172. The van der Waals surface area contributed by atoms with Gasteiger partial charge in [0.2, 0.25) is 0 Å². The normalized spacial score (nSPS) is 21.2. The van der Waals surface area contributed by atoms with Crippen molar-refractivity contribution in [2.45, 2.75) is 25.4 Å². The predicted octanol–water partition coefficient (Wildman–Crippen LogP) is 2.96. The van der Waals surface area contributed by atoms with E-state index in [0.717, 1.165) is 44.6 Å². The molecule has 2 aliphatic heterocycles. The molecule has 118 valence electrons. The maximum absolute atomic E-state index is 12.6. The van der Waals surface area contributed by atoms with Crippen LogP contribution in [0.15, 0.2) is 54.6 Å². The van der Waals surface area contributed by atoms with Crippen molar-refractivity contribution < 1.29 is 4.79 Å². The average molecular weight is 306 g/mol. The first-order chi connectivity index (χ1) is 11.3. The lowest BCUT2D eigenvalue weighted by Gasteiger charge is -2.33. The van der Waals surface area contributed by atoms with Gasteiger partial charge in [-0.3, -0.25) is 9.69 Å². The summed E-state index contributed by atoms with van der Waals surface area (Å²) in [5.41, 5.74) is 3.74. The van der Waals surface area contributed by atoms with E-state index in [0.29, 0.717) is 6.04 Å². The number of amides is 1. The Morgan fingerprint density at radius 1 is 0.913 bits per heavy atom. The van der Waals surface area contributed by atoms with Crippen LogP contribution in [0.5, 0.6) is 0 Å². The molecule has 0 aliphatic carbocycles. The smallest absolute Gasteiger partial charge is 0.253 e. The first-order valence-corrected chi connectivity index (χ1v) is 8.46. The van der Waals surface area contributed by atoms with Crippen LogP contribution in [0.3, 0.4) is 0 Å². The second kappa shape index (κ2) is 6.17. The summed E-state index contributed by atoms with van der Waals surface area (Å²) in [6.07, 6.45) is 2.21. The fourth-order valence-corrected chi connectivity index (χ4v) is 3.82. The number of hydrogen-bond donors (Lipinski definition) is 0. The van der Waals surface area contributed by atoms with Crippen molar-refractivity contribution in [2.24, 2.45) is 0 Å². The zero-order chi connectivity index (χ0) is 15.6. The van der Waals surface area contributed by atoms with Crippen molar-refractivity contribution in [1.29, 1.82) is 0 Å². The van der Waals surface area contributed by atoms with Gasteiger partial charge in [0.25, 0.3) is 5.91 Å². The van der Waals surface area contributed by atoms with Gasteiger partial charge in [0.05, 0.1) is 0 Å². The molecule has 1 atom stereocenters. The van der Waals surface area contributed by atoms with E-state index in [-0.39, 0.29) is 5.91 Å². The number of carbonyl (C=O) groups is 1. The predicted molar refractivity (Wildman–Crippen MR) is 91.3 cm³/mol. The Labute approximate surface area is 137 Å². The van der Waals surface area contributed by atoms with Gasteiger partial charge in [0.1, 0.15) is 0 Å². The molecule has 0 radical (unpaired) electrons. The van der Waals surface area contributed by atoms with E-state index in [1.165, 1.54) is 11.1 Å². The highest BCUT2D eigenvalue weighted by molar-refractivity contribution is 5.94. The summed E-state index contributed by atoms with van der Waals surface area (Å²) < 4.78 is 0. The lowest BCUT2D eigenvalue weighted by Crippen LogP contribution is -2.41. The second-order valence-electron chi connectivity index (χ2n) is 6.55. The molecular weight excluding hydrogens is 284 g/mol. The Morgan fingerprint density at radius 2 is 1.65 bits per heavy atom. The number of carbonyl (C=O) groups excluding carboxylic acids is 1. The first kappa shape index (κ1) is 14.5. The third-order valence-corrected chi connectivity index (χ3v) is 5.15. The summed E-state index contributed by atoms with van der Waals surface area (Å²) in [5.74, 6) is 0.172. The van der Waals surface area contributed by atoms with Gasteiger partial charge in [-0.2, -0.15) is 0 Å². The zero-order valence-electron chi connectivity index (χ0n) is 13.3. The van der Waals surface area contributed by atoms with E-state index >= 15 is 0 Å². The quantitative estimate of drug-likeness (QED) is 0.851. The van der Waals surface area contributed by atoms with Gasteiger partial charge in [-0.25, -0.2) is 0 Å². The Hall–Kier alpha value is -2.13. The molecule has 2 heterocycles. The summed E-state index contributed by atoms with van der Waals surface area (Å²) >= 11 is 0. The maximum atomic E-state index is 12.6. The molecule has 1 saturated heterocycles. The molecule has 0 N–H and O–H groups in total. The van der Waals surface area contributed by atoms with E-state index in [2.05, 4.69) is 29.2 Å². The highest BCUT2D eigenvalue weighted by atomic mass is 16.2. The van der Waals surface area contributed by atoms with Gasteiger partial charge in [-0.05, 0) is 36.1 Å². The van der Waals surface area contributed by atoms with Gasteiger partial charge < -0.3 is 4.90 Å². The number of likely N-dealkylation sites (tertiary alicyclic amines) is 1. The number of rotatable bonds is 2. The lowest BCUT2D eigenvalue weighted by atomic mass is 9.98. The molecule has 1 amide bonds.